The topological polar surface area (TPSA) is 43.8 Å². The zero-order chi connectivity index (χ0) is 14.2. The zero-order valence-electron chi connectivity index (χ0n) is 11.4. The highest BCUT2D eigenvalue weighted by molar-refractivity contribution is 6.30. The molecule has 1 heterocycles. The Morgan fingerprint density at radius 3 is 2.63 bits per heavy atom. The van der Waals surface area contributed by atoms with Crippen molar-refractivity contribution in [3.8, 4) is 5.75 Å². The summed E-state index contributed by atoms with van der Waals surface area (Å²) in [4.78, 5) is 16.3. The second-order valence-electron chi connectivity index (χ2n) is 5.38. The van der Waals surface area contributed by atoms with E-state index in [0.29, 0.717) is 35.6 Å². The molecule has 2 atom stereocenters. The van der Waals surface area contributed by atoms with E-state index in [0.717, 1.165) is 0 Å². The third kappa shape index (κ3) is 2.85. The lowest BCUT2D eigenvalue weighted by molar-refractivity contribution is 0.0778. The molecule has 1 saturated heterocycles. The number of aromatic hydroxyl groups is 1. The van der Waals surface area contributed by atoms with Gasteiger partial charge in [0.1, 0.15) is 5.75 Å². The maximum Gasteiger partial charge on any atom is 0.257 e. The van der Waals surface area contributed by atoms with Crippen molar-refractivity contribution >= 4 is 17.5 Å². The Morgan fingerprint density at radius 2 is 2.11 bits per heavy atom. The van der Waals surface area contributed by atoms with Gasteiger partial charge in [0.2, 0.25) is 0 Å². The first-order chi connectivity index (χ1) is 8.90. The molecule has 1 amide bonds. The minimum absolute atomic E-state index is 0.0570. The van der Waals surface area contributed by atoms with Gasteiger partial charge >= 0.3 is 0 Å². The van der Waals surface area contributed by atoms with Crippen LogP contribution in [0.15, 0.2) is 18.2 Å². The number of likely N-dealkylation sites (tertiary alicyclic amines) is 1. The molecule has 0 aromatic heterocycles. The Bertz CT molecular complexity index is 490. The molecule has 0 bridgehead atoms. The third-order valence-electron chi connectivity index (χ3n) is 3.71. The number of carbonyl (C=O) groups excluding carboxylic acids is 1. The number of amides is 1. The predicted octanol–water partition coefficient (Wildman–Crippen LogP) is 2.07. The van der Waals surface area contributed by atoms with Gasteiger partial charge in [0, 0.05) is 24.2 Å². The van der Waals surface area contributed by atoms with Crippen LogP contribution in [0.25, 0.3) is 0 Å². The summed E-state index contributed by atoms with van der Waals surface area (Å²) >= 11 is 5.78. The van der Waals surface area contributed by atoms with Crippen molar-refractivity contribution < 1.29 is 9.90 Å². The molecule has 5 heteroatoms. The van der Waals surface area contributed by atoms with Crippen LogP contribution in [-0.4, -0.2) is 54.0 Å². The molecule has 2 unspecified atom stereocenters. The van der Waals surface area contributed by atoms with Crippen molar-refractivity contribution in [3.05, 3.63) is 28.8 Å². The number of carbonyl (C=O) groups is 1. The molecule has 19 heavy (non-hydrogen) atoms. The van der Waals surface area contributed by atoms with Crippen LogP contribution in [0.3, 0.4) is 0 Å². The number of benzene rings is 1. The summed E-state index contributed by atoms with van der Waals surface area (Å²) in [6, 6.07) is 4.96. The van der Waals surface area contributed by atoms with Crippen molar-refractivity contribution in [2.45, 2.75) is 13.0 Å². The molecule has 0 saturated carbocycles. The average molecular weight is 283 g/mol. The third-order valence-corrected chi connectivity index (χ3v) is 3.95. The zero-order valence-corrected chi connectivity index (χ0v) is 12.2. The summed E-state index contributed by atoms with van der Waals surface area (Å²) < 4.78 is 0. The molecule has 1 aliphatic rings. The number of hydrogen-bond donors (Lipinski definition) is 1. The quantitative estimate of drug-likeness (QED) is 0.903. The Morgan fingerprint density at radius 1 is 1.42 bits per heavy atom. The fraction of sp³-hybridized carbons (Fsp3) is 0.500. The van der Waals surface area contributed by atoms with Crippen molar-refractivity contribution in [3.63, 3.8) is 0 Å². The molecule has 0 aliphatic carbocycles. The van der Waals surface area contributed by atoms with Crippen LogP contribution >= 0.6 is 11.6 Å². The van der Waals surface area contributed by atoms with Gasteiger partial charge in [0.15, 0.2) is 0 Å². The normalized spacial score (nSPS) is 23.1. The first-order valence-corrected chi connectivity index (χ1v) is 6.72. The fourth-order valence-electron chi connectivity index (χ4n) is 2.64. The van der Waals surface area contributed by atoms with Crippen molar-refractivity contribution in [1.82, 2.24) is 9.80 Å². The number of phenolic OH excluding ortho intramolecular Hbond substituents is 1. The minimum atomic E-state index is -0.134. The Labute approximate surface area is 118 Å². The van der Waals surface area contributed by atoms with E-state index in [1.165, 1.54) is 6.07 Å². The van der Waals surface area contributed by atoms with Gasteiger partial charge in [-0.15, -0.1) is 0 Å². The van der Waals surface area contributed by atoms with Crippen molar-refractivity contribution in [1.29, 1.82) is 0 Å². The van der Waals surface area contributed by atoms with Gasteiger partial charge in [0.05, 0.1) is 5.56 Å². The summed E-state index contributed by atoms with van der Waals surface area (Å²) in [7, 11) is 4.05. The van der Waals surface area contributed by atoms with Crippen LogP contribution in [0.2, 0.25) is 5.02 Å². The maximum atomic E-state index is 12.4. The lowest BCUT2D eigenvalue weighted by atomic mass is 10.1. The molecule has 4 nitrogen and oxygen atoms in total. The number of halogens is 1. The maximum absolute atomic E-state index is 12.4. The van der Waals surface area contributed by atoms with Gasteiger partial charge in [-0.2, -0.15) is 0 Å². The van der Waals surface area contributed by atoms with Gasteiger partial charge in [-0.1, -0.05) is 18.5 Å². The first-order valence-electron chi connectivity index (χ1n) is 6.34. The molecule has 1 aromatic carbocycles. The molecule has 1 fully saturated rings. The van der Waals surface area contributed by atoms with Gasteiger partial charge < -0.3 is 14.9 Å². The molecule has 104 valence electrons. The van der Waals surface area contributed by atoms with Crippen LogP contribution in [0.1, 0.15) is 17.3 Å². The molecule has 1 aliphatic heterocycles. The van der Waals surface area contributed by atoms with E-state index in [1.54, 1.807) is 17.0 Å². The van der Waals surface area contributed by atoms with Gasteiger partial charge in [-0.05, 0) is 38.2 Å². The van der Waals surface area contributed by atoms with Gasteiger partial charge in [-0.25, -0.2) is 0 Å². The summed E-state index contributed by atoms with van der Waals surface area (Å²) in [5, 5.41) is 10.2. The van der Waals surface area contributed by atoms with Crippen LogP contribution in [-0.2, 0) is 0 Å². The lowest BCUT2D eigenvalue weighted by Crippen LogP contribution is -2.35. The van der Waals surface area contributed by atoms with Crippen LogP contribution in [0.4, 0.5) is 0 Å². The average Bonchev–Trinajstić information content (AvgIpc) is 2.70. The number of likely N-dealkylation sites (N-methyl/N-ethyl adjacent to an activating group) is 1. The second kappa shape index (κ2) is 5.39. The fourth-order valence-corrected chi connectivity index (χ4v) is 2.81. The Kier molecular flexibility index (Phi) is 4.02. The van der Waals surface area contributed by atoms with E-state index in [9.17, 15) is 9.90 Å². The van der Waals surface area contributed by atoms with Crippen LogP contribution < -0.4 is 0 Å². The highest BCUT2D eigenvalue weighted by atomic mass is 35.5. The van der Waals surface area contributed by atoms with Crippen LogP contribution in [0, 0.1) is 5.92 Å². The molecular weight excluding hydrogens is 264 g/mol. The van der Waals surface area contributed by atoms with E-state index >= 15 is 0 Å². The van der Waals surface area contributed by atoms with E-state index in [-0.39, 0.29) is 11.7 Å². The Hall–Kier alpha value is -1.26. The molecule has 1 aromatic rings. The first kappa shape index (κ1) is 14.2. The van der Waals surface area contributed by atoms with E-state index < -0.39 is 0 Å². The van der Waals surface area contributed by atoms with Gasteiger partial charge in [-0.3, -0.25) is 4.79 Å². The number of hydrogen-bond acceptors (Lipinski definition) is 3. The summed E-state index contributed by atoms with van der Waals surface area (Å²) in [6.45, 7) is 3.54. The summed E-state index contributed by atoms with van der Waals surface area (Å²) in [5.41, 5.74) is 0.316. The summed E-state index contributed by atoms with van der Waals surface area (Å²) in [5.74, 6) is 0.234. The highest BCUT2D eigenvalue weighted by Crippen LogP contribution is 2.27. The number of rotatable bonds is 2. The highest BCUT2D eigenvalue weighted by Gasteiger charge is 2.34. The standard InChI is InChI=1S/C14H19ClN2O2/c1-9-7-17(8-12(9)16(2)3)14(19)11-5-4-10(15)6-13(11)18/h4-6,9,12,18H,7-8H2,1-3H3. The molecule has 2 rings (SSSR count). The van der Waals surface area contributed by atoms with Crippen molar-refractivity contribution in [2.75, 3.05) is 27.2 Å². The minimum Gasteiger partial charge on any atom is -0.507 e. The molecule has 0 radical (unpaired) electrons. The summed E-state index contributed by atoms with van der Waals surface area (Å²) in [6.07, 6.45) is 0. The van der Waals surface area contributed by atoms with E-state index in [4.69, 9.17) is 11.6 Å². The molecule has 1 N–H and O–H groups in total. The molecule has 0 spiro atoms. The van der Waals surface area contributed by atoms with E-state index in [2.05, 4.69) is 11.8 Å². The van der Waals surface area contributed by atoms with E-state index in [1.807, 2.05) is 14.1 Å². The number of nitrogens with zero attached hydrogens (tertiary/aromatic N) is 2. The van der Waals surface area contributed by atoms with Gasteiger partial charge in [0.25, 0.3) is 5.91 Å². The lowest BCUT2D eigenvalue weighted by Gasteiger charge is -2.22. The Balaban J connectivity index is 2.17. The monoisotopic (exact) mass is 282 g/mol. The second-order valence-corrected chi connectivity index (χ2v) is 5.82. The molecular formula is C14H19ClN2O2. The van der Waals surface area contributed by atoms with Crippen molar-refractivity contribution in [2.24, 2.45) is 5.92 Å². The number of phenols is 1. The SMILES string of the molecule is CC1CN(C(=O)c2ccc(Cl)cc2O)CC1N(C)C. The van der Waals surface area contributed by atoms with Crippen LogP contribution in [0.5, 0.6) is 5.75 Å². The smallest absolute Gasteiger partial charge is 0.257 e. The predicted molar refractivity (Wildman–Crippen MR) is 75.7 cm³/mol. The largest absolute Gasteiger partial charge is 0.507 e.